The molecule has 0 saturated heterocycles. The van der Waals surface area contributed by atoms with Gasteiger partial charge in [-0.05, 0) is 40.2 Å². The summed E-state index contributed by atoms with van der Waals surface area (Å²) in [5.74, 6) is -1.13. The van der Waals surface area contributed by atoms with E-state index >= 15 is 0 Å². The molecule has 0 heterocycles. The summed E-state index contributed by atoms with van der Waals surface area (Å²) in [5.41, 5.74) is 0.0691. The van der Waals surface area contributed by atoms with Crippen LogP contribution in [-0.4, -0.2) is 10.8 Å². The molecule has 1 amide bonds. The lowest BCUT2D eigenvalue weighted by Crippen LogP contribution is -2.13. The van der Waals surface area contributed by atoms with Crippen molar-refractivity contribution in [2.45, 2.75) is 0 Å². The van der Waals surface area contributed by atoms with Gasteiger partial charge < -0.3 is 5.32 Å². The fourth-order valence-electron chi connectivity index (χ4n) is 1.58. The molecule has 8 heteroatoms. The molecule has 108 valence electrons. The lowest BCUT2D eigenvalue weighted by Gasteiger charge is -2.08. The Morgan fingerprint density at radius 2 is 2.00 bits per heavy atom. The first kappa shape index (κ1) is 15.4. The van der Waals surface area contributed by atoms with Gasteiger partial charge in [0.05, 0.1) is 21.2 Å². The van der Waals surface area contributed by atoms with Crippen molar-refractivity contribution in [1.29, 1.82) is 0 Å². The van der Waals surface area contributed by atoms with Gasteiger partial charge in [0.2, 0.25) is 0 Å². The molecule has 2 aromatic rings. The number of benzene rings is 2. The third-order valence-electron chi connectivity index (χ3n) is 2.58. The topological polar surface area (TPSA) is 72.2 Å². The number of nitrogens with zero attached hydrogens (tertiary/aromatic N) is 1. The van der Waals surface area contributed by atoms with E-state index < -0.39 is 16.6 Å². The number of nitrogens with one attached hydrogen (secondary N) is 1. The molecular weight excluding hydrogens is 367 g/mol. The second kappa shape index (κ2) is 6.19. The lowest BCUT2D eigenvalue weighted by atomic mass is 10.2. The number of hydrogen-bond acceptors (Lipinski definition) is 3. The summed E-state index contributed by atoms with van der Waals surface area (Å²) in [6.07, 6.45) is 0. The Morgan fingerprint density at radius 3 is 2.62 bits per heavy atom. The fraction of sp³-hybridized carbons (Fsp3) is 0. The number of nitro groups is 1. The van der Waals surface area contributed by atoms with Crippen LogP contribution in [0.5, 0.6) is 0 Å². The summed E-state index contributed by atoms with van der Waals surface area (Å²) in [7, 11) is 0. The highest BCUT2D eigenvalue weighted by atomic mass is 79.9. The molecule has 1 N–H and O–H groups in total. The highest BCUT2D eigenvalue weighted by Gasteiger charge is 2.16. The minimum Gasteiger partial charge on any atom is -0.321 e. The Morgan fingerprint density at radius 1 is 1.29 bits per heavy atom. The Balaban J connectivity index is 2.32. The molecule has 0 spiro atoms. The van der Waals surface area contributed by atoms with Gasteiger partial charge >= 0.3 is 0 Å². The van der Waals surface area contributed by atoms with E-state index in [1.54, 1.807) is 0 Å². The van der Waals surface area contributed by atoms with Crippen molar-refractivity contribution >= 4 is 44.8 Å². The first-order chi connectivity index (χ1) is 9.88. The van der Waals surface area contributed by atoms with Gasteiger partial charge in [0, 0.05) is 16.6 Å². The number of anilines is 1. The zero-order valence-electron chi connectivity index (χ0n) is 10.3. The molecule has 5 nitrogen and oxygen atoms in total. The molecule has 0 atom stereocenters. The molecule has 0 saturated carbocycles. The molecule has 21 heavy (non-hydrogen) atoms. The van der Waals surface area contributed by atoms with Crippen LogP contribution in [0.4, 0.5) is 15.8 Å². The van der Waals surface area contributed by atoms with E-state index in [2.05, 4.69) is 21.2 Å². The van der Waals surface area contributed by atoms with E-state index in [4.69, 9.17) is 11.6 Å². The molecule has 0 aliphatic rings. The van der Waals surface area contributed by atoms with Crippen LogP contribution in [0.2, 0.25) is 5.02 Å². The number of non-ortho nitro benzene ring substituents is 1. The average molecular weight is 374 g/mol. The van der Waals surface area contributed by atoms with Crippen LogP contribution >= 0.6 is 27.5 Å². The van der Waals surface area contributed by atoms with Gasteiger partial charge in [-0.2, -0.15) is 0 Å². The van der Waals surface area contributed by atoms with Crippen LogP contribution in [-0.2, 0) is 0 Å². The van der Waals surface area contributed by atoms with Crippen LogP contribution in [0.1, 0.15) is 10.4 Å². The van der Waals surface area contributed by atoms with Gasteiger partial charge in [0.25, 0.3) is 11.6 Å². The van der Waals surface area contributed by atoms with E-state index in [-0.39, 0.29) is 22.0 Å². The molecule has 0 radical (unpaired) electrons. The highest BCUT2D eigenvalue weighted by molar-refractivity contribution is 9.10. The van der Waals surface area contributed by atoms with Crippen LogP contribution in [0.25, 0.3) is 0 Å². The minimum atomic E-state index is -0.603. The van der Waals surface area contributed by atoms with Crippen molar-refractivity contribution in [1.82, 2.24) is 0 Å². The number of nitro benzene ring substituents is 1. The van der Waals surface area contributed by atoms with Crippen molar-refractivity contribution < 1.29 is 14.1 Å². The Labute approximate surface area is 132 Å². The number of hydrogen-bond donors (Lipinski definition) is 1. The van der Waals surface area contributed by atoms with Gasteiger partial charge in [-0.15, -0.1) is 0 Å². The molecule has 0 fully saturated rings. The van der Waals surface area contributed by atoms with Crippen LogP contribution < -0.4 is 5.32 Å². The van der Waals surface area contributed by atoms with Gasteiger partial charge in [-0.3, -0.25) is 14.9 Å². The molecule has 0 aliphatic heterocycles. The second-order valence-corrected chi connectivity index (χ2v) is 5.26. The van der Waals surface area contributed by atoms with Gasteiger partial charge in [-0.25, -0.2) is 4.39 Å². The van der Waals surface area contributed by atoms with E-state index in [0.717, 1.165) is 18.2 Å². The molecule has 2 rings (SSSR count). The summed E-state index contributed by atoms with van der Waals surface area (Å²) in [4.78, 5) is 22.3. The maximum absolute atomic E-state index is 12.9. The zero-order chi connectivity index (χ0) is 15.6. The molecular formula is C13H7BrClFN2O3. The van der Waals surface area contributed by atoms with Crippen LogP contribution in [0.15, 0.2) is 40.9 Å². The fourth-order valence-corrected chi connectivity index (χ4v) is 2.22. The molecule has 0 aromatic heterocycles. The number of carbonyl (C=O) groups is 1. The van der Waals surface area contributed by atoms with Crippen LogP contribution in [0, 0.1) is 15.9 Å². The van der Waals surface area contributed by atoms with Crippen LogP contribution in [0.3, 0.4) is 0 Å². The largest absolute Gasteiger partial charge is 0.321 e. The number of carbonyl (C=O) groups excluding carboxylic acids is 1. The number of amides is 1. The summed E-state index contributed by atoms with van der Waals surface area (Å²) in [6.45, 7) is 0. The number of rotatable bonds is 3. The zero-order valence-corrected chi connectivity index (χ0v) is 12.6. The molecule has 2 aromatic carbocycles. The average Bonchev–Trinajstić information content (AvgIpc) is 2.42. The van der Waals surface area contributed by atoms with Crippen molar-refractivity contribution in [2.75, 3.05) is 5.32 Å². The monoisotopic (exact) mass is 372 g/mol. The van der Waals surface area contributed by atoms with E-state index in [1.165, 1.54) is 18.2 Å². The van der Waals surface area contributed by atoms with Crippen molar-refractivity contribution in [3.05, 3.63) is 67.4 Å². The highest BCUT2D eigenvalue weighted by Crippen LogP contribution is 2.26. The second-order valence-electron chi connectivity index (χ2n) is 4.00. The SMILES string of the molecule is O=C(Nc1ccc(F)cc1Cl)c1cc([N+](=O)[O-])ccc1Br. The summed E-state index contributed by atoms with van der Waals surface area (Å²) < 4.78 is 13.3. The summed E-state index contributed by atoms with van der Waals surface area (Å²) in [6, 6.07) is 7.31. The maximum atomic E-state index is 12.9. The predicted octanol–water partition coefficient (Wildman–Crippen LogP) is 4.40. The van der Waals surface area contributed by atoms with Crippen molar-refractivity contribution in [2.24, 2.45) is 0 Å². The predicted molar refractivity (Wildman–Crippen MR) is 80.2 cm³/mol. The van der Waals surface area contributed by atoms with Crippen molar-refractivity contribution in [3.8, 4) is 0 Å². The third kappa shape index (κ3) is 3.56. The van der Waals surface area contributed by atoms with Gasteiger partial charge in [0.15, 0.2) is 0 Å². The standard InChI is InChI=1S/C13H7BrClFN2O3/c14-10-3-2-8(18(20)21)6-9(10)13(19)17-12-4-1-7(16)5-11(12)15/h1-6H,(H,17,19). The van der Waals surface area contributed by atoms with E-state index in [1.807, 2.05) is 0 Å². The Hall–Kier alpha value is -1.99. The smallest absolute Gasteiger partial charge is 0.270 e. The number of halogens is 3. The normalized spacial score (nSPS) is 10.2. The maximum Gasteiger partial charge on any atom is 0.270 e. The summed E-state index contributed by atoms with van der Waals surface area (Å²) >= 11 is 8.96. The molecule has 0 bridgehead atoms. The molecule has 0 unspecified atom stereocenters. The summed E-state index contributed by atoms with van der Waals surface area (Å²) in [5, 5.41) is 13.2. The third-order valence-corrected chi connectivity index (χ3v) is 3.59. The first-order valence-electron chi connectivity index (χ1n) is 5.59. The quantitative estimate of drug-likeness (QED) is 0.640. The van der Waals surface area contributed by atoms with E-state index in [0.29, 0.717) is 4.47 Å². The van der Waals surface area contributed by atoms with Gasteiger partial charge in [-0.1, -0.05) is 11.6 Å². The first-order valence-corrected chi connectivity index (χ1v) is 6.76. The van der Waals surface area contributed by atoms with Gasteiger partial charge in [0.1, 0.15) is 5.82 Å². The lowest BCUT2D eigenvalue weighted by molar-refractivity contribution is -0.384. The Kier molecular flexibility index (Phi) is 4.54. The van der Waals surface area contributed by atoms with E-state index in [9.17, 15) is 19.3 Å². The molecule has 0 aliphatic carbocycles. The minimum absolute atomic E-state index is 0.0323. The Bertz CT molecular complexity index is 739. The van der Waals surface area contributed by atoms with Crippen molar-refractivity contribution in [3.63, 3.8) is 0 Å².